The van der Waals surface area contributed by atoms with E-state index in [2.05, 4.69) is 12.2 Å². The number of carboxylic acids is 1. The maximum atomic E-state index is 11.2. The molecular formula is C10H14O2S. The fraction of sp³-hybridized carbons (Fsp3) is 0.700. The van der Waals surface area contributed by atoms with E-state index in [-0.39, 0.29) is 5.92 Å². The third-order valence-electron chi connectivity index (χ3n) is 3.35. The number of carboxylic acid groups (broad SMARTS) is 1. The molecule has 1 N–H and O–H groups in total. The highest BCUT2D eigenvalue weighted by atomic mass is 32.2. The molecule has 72 valence electrons. The van der Waals surface area contributed by atoms with Crippen LogP contribution in [0.3, 0.4) is 0 Å². The van der Waals surface area contributed by atoms with Gasteiger partial charge in [-0.3, -0.25) is 4.79 Å². The van der Waals surface area contributed by atoms with Gasteiger partial charge < -0.3 is 5.11 Å². The molecule has 0 aromatic carbocycles. The van der Waals surface area contributed by atoms with Crippen LogP contribution in [0.25, 0.3) is 0 Å². The lowest BCUT2D eigenvalue weighted by atomic mass is 9.68. The zero-order chi connectivity index (χ0) is 9.47. The number of hydrogen-bond donors (Lipinski definition) is 1. The van der Waals surface area contributed by atoms with E-state index in [1.54, 1.807) is 0 Å². The Hall–Kier alpha value is -0.440. The van der Waals surface area contributed by atoms with Gasteiger partial charge in [0, 0.05) is 5.92 Å². The first-order chi connectivity index (χ1) is 6.19. The summed E-state index contributed by atoms with van der Waals surface area (Å²) in [6.07, 6.45) is 9.28. The highest BCUT2D eigenvalue weighted by Crippen LogP contribution is 2.49. The van der Waals surface area contributed by atoms with Crippen molar-refractivity contribution in [2.45, 2.75) is 24.0 Å². The number of aliphatic carboxylic acids is 1. The lowest BCUT2D eigenvalue weighted by Gasteiger charge is -2.44. The third kappa shape index (κ3) is 1.21. The summed E-state index contributed by atoms with van der Waals surface area (Å²) in [6, 6.07) is 0. The molecule has 2 bridgehead atoms. The average molecular weight is 198 g/mol. The molecule has 3 atom stereocenters. The first kappa shape index (κ1) is 9.13. The van der Waals surface area contributed by atoms with Crippen LogP contribution in [0.1, 0.15) is 19.3 Å². The van der Waals surface area contributed by atoms with Crippen molar-refractivity contribution >= 4 is 17.7 Å². The second kappa shape index (κ2) is 3.05. The Labute approximate surface area is 82.4 Å². The largest absolute Gasteiger partial charge is 0.480 e. The van der Waals surface area contributed by atoms with Crippen LogP contribution in [0.2, 0.25) is 0 Å². The highest BCUT2D eigenvalue weighted by molar-refractivity contribution is 8.00. The normalized spacial score (nSPS) is 42.2. The molecular weight excluding hydrogens is 184 g/mol. The Balaban J connectivity index is 2.33. The monoisotopic (exact) mass is 198 g/mol. The van der Waals surface area contributed by atoms with E-state index < -0.39 is 10.7 Å². The Morgan fingerprint density at radius 2 is 2.31 bits per heavy atom. The summed E-state index contributed by atoms with van der Waals surface area (Å²) in [5.74, 6) is 0.137. The molecule has 2 nitrogen and oxygen atoms in total. The highest BCUT2D eigenvalue weighted by Gasteiger charge is 2.50. The van der Waals surface area contributed by atoms with Crippen LogP contribution >= 0.6 is 11.8 Å². The quantitative estimate of drug-likeness (QED) is 0.691. The molecule has 0 amide bonds. The predicted octanol–water partition coefficient (Wildman–Crippen LogP) is 2.16. The average Bonchev–Trinajstić information content (AvgIpc) is 2.19. The van der Waals surface area contributed by atoms with Crippen molar-refractivity contribution in [3.63, 3.8) is 0 Å². The number of rotatable bonds is 2. The Morgan fingerprint density at radius 1 is 1.54 bits per heavy atom. The first-order valence-corrected chi connectivity index (χ1v) is 5.88. The van der Waals surface area contributed by atoms with Gasteiger partial charge in [-0.2, -0.15) is 0 Å². The molecule has 0 aromatic heterocycles. The number of carbonyl (C=O) groups is 1. The Kier molecular flexibility index (Phi) is 2.14. The molecule has 1 saturated carbocycles. The molecule has 3 heteroatoms. The van der Waals surface area contributed by atoms with Crippen molar-refractivity contribution in [3.05, 3.63) is 12.2 Å². The molecule has 0 aromatic rings. The maximum absolute atomic E-state index is 11.2. The molecule has 3 aliphatic carbocycles. The lowest BCUT2D eigenvalue weighted by molar-refractivity contribution is -0.142. The summed E-state index contributed by atoms with van der Waals surface area (Å²) < 4.78 is -0.516. The smallest absolute Gasteiger partial charge is 0.320 e. The molecule has 3 aliphatic rings. The van der Waals surface area contributed by atoms with Crippen molar-refractivity contribution in [1.82, 2.24) is 0 Å². The second-order valence-corrected chi connectivity index (χ2v) is 5.07. The Bertz CT molecular complexity index is 262. The minimum atomic E-state index is -0.626. The minimum absolute atomic E-state index is 0.255. The van der Waals surface area contributed by atoms with E-state index in [0.29, 0.717) is 5.92 Å². The van der Waals surface area contributed by atoms with Gasteiger partial charge in [0.15, 0.2) is 0 Å². The van der Waals surface area contributed by atoms with Gasteiger partial charge in [-0.1, -0.05) is 12.2 Å². The van der Waals surface area contributed by atoms with Crippen LogP contribution in [0.4, 0.5) is 0 Å². The fourth-order valence-corrected chi connectivity index (χ4v) is 3.60. The van der Waals surface area contributed by atoms with E-state index in [0.717, 1.165) is 12.8 Å². The number of thioether (sulfide) groups is 1. The van der Waals surface area contributed by atoms with Crippen molar-refractivity contribution in [2.75, 3.05) is 6.26 Å². The SMILES string of the molecule is CS[C@]1(C(=O)O)C[C@@H]2C=C[C@H]1CC2. The summed E-state index contributed by atoms with van der Waals surface area (Å²) in [5, 5.41) is 9.26. The fourth-order valence-electron chi connectivity index (χ4n) is 2.54. The van der Waals surface area contributed by atoms with Gasteiger partial charge in [0.2, 0.25) is 0 Å². The summed E-state index contributed by atoms with van der Waals surface area (Å²) in [7, 11) is 0. The summed E-state index contributed by atoms with van der Waals surface area (Å²) >= 11 is 1.51. The van der Waals surface area contributed by atoms with Crippen molar-refractivity contribution in [2.24, 2.45) is 11.8 Å². The van der Waals surface area contributed by atoms with Gasteiger partial charge in [-0.25, -0.2) is 0 Å². The Morgan fingerprint density at radius 3 is 2.54 bits per heavy atom. The molecule has 0 radical (unpaired) electrons. The maximum Gasteiger partial charge on any atom is 0.320 e. The summed E-state index contributed by atoms with van der Waals surface area (Å²) in [5.41, 5.74) is 0. The zero-order valence-electron chi connectivity index (χ0n) is 7.69. The third-order valence-corrected chi connectivity index (χ3v) is 4.73. The predicted molar refractivity (Wildman–Crippen MR) is 53.9 cm³/mol. The standard InChI is InChI=1S/C10H14O2S/c1-13-10(9(11)12)6-7-2-4-8(10)5-3-7/h2,4,7-8H,3,5-6H2,1H3,(H,11,12)/t7-,8+,10-/m1/s1. The van der Waals surface area contributed by atoms with Crippen LogP contribution in [-0.4, -0.2) is 22.1 Å². The van der Waals surface area contributed by atoms with Gasteiger partial charge >= 0.3 is 5.97 Å². The summed E-state index contributed by atoms with van der Waals surface area (Å²) in [6.45, 7) is 0. The van der Waals surface area contributed by atoms with Crippen LogP contribution in [-0.2, 0) is 4.79 Å². The molecule has 0 saturated heterocycles. The van der Waals surface area contributed by atoms with Crippen LogP contribution in [0, 0.1) is 11.8 Å². The molecule has 0 aliphatic heterocycles. The van der Waals surface area contributed by atoms with E-state index in [4.69, 9.17) is 0 Å². The van der Waals surface area contributed by atoms with E-state index in [9.17, 15) is 9.90 Å². The number of hydrogen-bond acceptors (Lipinski definition) is 2. The van der Waals surface area contributed by atoms with E-state index >= 15 is 0 Å². The first-order valence-electron chi connectivity index (χ1n) is 4.66. The topological polar surface area (TPSA) is 37.3 Å². The molecule has 0 unspecified atom stereocenters. The van der Waals surface area contributed by atoms with Crippen LogP contribution in [0.15, 0.2) is 12.2 Å². The minimum Gasteiger partial charge on any atom is -0.480 e. The lowest BCUT2D eigenvalue weighted by Crippen LogP contribution is -2.48. The van der Waals surface area contributed by atoms with Crippen LogP contribution < -0.4 is 0 Å². The number of fused-ring (bicyclic) bond motifs is 2. The molecule has 1 fully saturated rings. The van der Waals surface area contributed by atoms with Crippen molar-refractivity contribution in [1.29, 1.82) is 0 Å². The molecule has 13 heavy (non-hydrogen) atoms. The van der Waals surface area contributed by atoms with Crippen molar-refractivity contribution < 1.29 is 9.90 Å². The molecule has 0 spiro atoms. The second-order valence-electron chi connectivity index (χ2n) is 3.93. The molecule has 3 rings (SSSR count). The molecule has 0 heterocycles. The van der Waals surface area contributed by atoms with E-state index in [1.807, 2.05) is 6.26 Å². The summed E-state index contributed by atoms with van der Waals surface area (Å²) in [4.78, 5) is 11.2. The number of allylic oxidation sites excluding steroid dienone is 2. The zero-order valence-corrected chi connectivity index (χ0v) is 8.51. The van der Waals surface area contributed by atoms with Crippen molar-refractivity contribution in [3.8, 4) is 0 Å². The van der Waals surface area contributed by atoms with Gasteiger partial charge in [-0.05, 0) is 31.4 Å². The van der Waals surface area contributed by atoms with Gasteiger partial charge in [0.1, 0.15) is 4.75 Å². The van der Waals surface area contributed by atoms with Crippen LogP contribution in [0.5, 0.6) is 0 Å². The van der Waals surface area contributed by atoms with Gasteiger partial charge in [0.05, 0.1) is 0 Å². The van der Waals surface area contributed by atoms with Gasteiger partial charge in [-0.15, -0.1) is 11.8 Å². The van der Waals surface area contributed by atoms with E-state index in [1.165, 1.54) is 18.2 Å². The van der Waals surface area contributed by atoms with Gasteiger partial charge in [0.25, 0.3) is 0 Å².